The Hall–Kier alpha value is -1.47. The van der Waals surface area contributed by atoms with Gasteiger partial charge in [0, 0.05) is 20.2 Å². The third-order valence-electron chi connectivity index (χ3n) is 2.95. The van der Waals surface area contributed by atoms with Gasteiger partial charge in [0.25, 0.3) is 0 Å². The Morgan fingerprint density at radius 2 is 2.10 bits per heavy atom. The molecule has 1 aromatic carbocycles. The van der Waals surface area contributed by atoms with Crippen LogP contribution in [0.15, 0.2) is 24.3 Å². The van der Waals surface area contributed by atoms with Crippen molar-refractivity contribution in [3.63, 3.8) is 0 Å². The van der Waals surface area contributed by atoms with Crippen LogP contribution >= 0.6 is 0 Å². The largest absolute Gasteiger partial charge is 0.389 e. The van der Waals surface area contributed by atoms with E-state index in [1.54, 1.807) is 7.11 Å². The summed E-state index contributed by atoms with van der Waals surface area (Å²) in [5.74, 6) is 4.89. The van der Waals surface area contributed by atoms with Crippen molar-refractivity contribution in [2.24, 2.45) is 5.84 Å². The monoisotopic (exact) mass is 281 g/mol. The first-order valence-corrected chi connectivity index (χ1v) is 6.48. The number of amides is 1. The molecule has 1 rings (SSSR count). The quantitative estimate of drug-likeness (QED) is 0.345. The number of likely N-dealkylation sites (N-methyl/N-ethyl adjacent to an activating group) is 1. The molecule has 0 aliphatic heterocycles. The minimum absolute atomic E-state index is 0.223. The van der Waals surface area contributed by atoms with E-state index >= 15 is 0 Å². The molecule has 0 bridgehead atoms. The number of nitrogens with zero attached hydrogens (tertiary/aromatic N) is 1. The van der Waals surface area contributed by atoms with E-state index in [1.165, 1.54) is 0 Å². The second kappa shape index (κ2) is 8.65. The number of hydrazine groups is 1. The van der Waals surface area contributed by atoms with Crippen molar-refractivity contribution in [1.82, 2.24) is 10.3 Å². The molecule has 4 N–H and O–H groups in total. The molecule has 0 saturated heterocycles. The molecular formula is C14H23N3O3. The van der Waals surface area contributed by atoms with Crippen molar-refractivity contribution in [1.29, 1.82) is 0 Å². The molecule has 6 nitrogen and oxygen atoms in total. The molecule has 0 radical (unpaired) electrons. The van der Waals surface area contributed by atoms with Gasteiger partial charge in [-0.1, -0.05) is 24.3 Å². The molecule has 0 heterocycles. The zero-order valence-corrected chi connectivity index (χ0v) is 12.0. The van der Waals surface area contributed by atoms with Gasteiger partial charge >= 0.3 is 0 Å². The van der Waals surface area contributed by atoms with Gasteiger partial charge in [-0.05, 0) is 18.2 Å². The summed E-state index contributed by atoms with van der Waals surface area (Å²) in [7, 11) is 3.47. The summed E-state index contributed by atoms with van der Waals surface area (Å²) in [5, 5.41) is 9.70. The normalized spacial score (nSPS) is 12.4. The highest BCUT2D eigenvalue weighted by Crippen LogP contribution is 2.12. The number of nitrogens with two attached hydrogens (primary N) is 1. The molecule has 0 aliphatic rings. The molecule has 20 heavy (non-hydrogen) atoms. The van der Waals surface area contributed by atoms with Crippen LogP contribution in [0.2, 0.25) is 0 Å². The van der Waals surface area contributed by atoms with Gasteiger partial charge in [-0.3, -0.25) is 15.1 Å². The number of aliphatic hydroxyl groups is 1. The predicted molar refractivity (Wildman–Crippen MR) is 76.7 cm³/mol. The zero-order chi connectivity index (χ0) is 15.0. The maximum atomic E-state index is 11.4. The maximum absolute atomic E-state index is 11.4. The van der Waals surface area contributed by atoms with E-state index < -0.39 is 6.10 Å². The summed E-state index contributed by atoms with van der Waals surface area (Å²) >= 11 is 0. The van der Waals surface area contributed by atoms with Crippen LogP contribution in [-0.2, 0) is 22.5 Å². The second-order valence-corrected chi connectivity index (χ2v) is 4.82. The van der Waals surface area contributed by atoms with E-state index in [0.29, 0.717) is 19.7 Å². The number of methoxy groups -OCH3 is 1. The van der Waals surface area contributed by atoms with Crippen LogP contribution in [0.5, 0.6) is 0 Å². The summed E-state index contributed by atoms with van der Waals surface area (Å²) in [6.45, 7) is 1.46. The van der Waals surface area contributed by atoms with Crippen LogP contribution in [0.25, 0.3) is 0 Å². The standard InChI is InChI=1S/C14H23N3O3/c1-17(9-13(18)10-20-2)8-12-6-4-3-5-11(12)7-14(19)16-15/h3-6,13,18H,7-10,15H2,1-2H3,(H,16,19). The average Bonchev–Trinajstić information content (AvgIpc) is 2.40. The molecule has 6 heteroatoms. The number of carbonyl (C=O) groups is 1. The van der Waals surface area contributed by atoms with Crippen molar-refractivity contribution >= 4 is 5.91 Å². The van der Waals surface area contributed by atoms with Gasteiger partial charge < -0.3 is 9.84 Å². The first-order valence-electron chi connectivity index (χ1n) is 6.48. The van der Waals surface area contributed by atoms with Gasteiger partial charge in [-0.15, -0.1) is 0 Å². The zero-order valence-electron chi connectivity index (χ0n) is 12.0. The number of nitrogens with one attached hydrogen (secondary N) is 1. The average molecular weight is 281 g/mol. The van der Waals surface area contributed by atoms with Crippen LogP contribution in [0.4, 0.5) is 0 Å². The van der Waals surface area contributed by atoms with E-state index in [-0.39, 0.29) is 12.3 Å². The highest BCUT2D eigenvalue weighted by atomic mass is 16.5. The smallest absolute Gasteiger partial charge is 0.238 e. The summed E-state index contributed by atoms with van der Waals surface area (Å²) < 4.78 is 4.90. The topological polar surface area (TPSA) is 87.8 Å². The van der Waals surface area contributed by atoms with E-state index in [0.717, 1.165) is 11.1 Å². The Bertz CT molecular complexity index is 426. The van der Waals surface area contributed by atoms with Gasteiger partial charge in [0.2, 0.25) is 5.91 Å². The Balaban J connectivity index is 2.64. The SMILES string of the molecule is COCC(O)CN(C)Cc1ccccc1CC(=O)NN. The number of benzene rings is 1. The Kier molecular flexibility index (Phi) is 7.17. The first-order chi connectivity index (χ1) is 9.56. The van der Waals surface area contributed by atoms with Gasteiger partial charge in [0.15, 0.2) is 0 Å². The third kappa shape index (κ3) is 5.66. The second-order valence-electron chi connectivity index (χ2n) is 4.82. The lowest BCUT2D eigenvalue weighted by Crippen LogP contribution is -2.33. The Morgan fingerprint density at radius 1 is 1.45 bits per heavy atom. The van der Waals surface area contributed by atoms with Crippen molar-refractivity contribution in [3.05, 3.63) is 35.4 Å². The van der Waals surface area contributed by atoms with E-state index in [1.807, 2.05) is 36.2 Å². The Labute approximate surface area is 119 Å². The lowest BCUT2D eigenvalue weighted by atomic mass is 10.0. The van der Waals surface area contributed by atoms with Crippen molar-refractivity contribution in [3.8, 4) is 0 Å². The fraction of sp³-hybridized carbons (Fsp3) is 0.500. The van der Waals surface area contributed by atoms with Crippen molar-refractivity contribution in [2.75, 3.05) is 27.3 Å². The van der Waals surface area contributed by atoms with Crippen LogP contribution in [0.3, 0.4) is 0 Å². The van der Waals surface area contributed by atoms with Crippen LogP contribution in [0, 0.1) is 0 Å². The lowest BCUT2D eigenvalue weighted by molar-refractivity contribution is -0.120. The Morgan fingerprint density at radius 3 is 2.70 bits per heavy atom. The summed E-state index contributed by atoms with van der Waals surface area (Å²) in [4.78, 5) is 13.4. The number of ether oxygens (including phenoxy) is 1. The number of carbonyl (C=O) groups excluding carboxylic acids is 1. The van der Waals surface area contributed by atoms with E-state index in [9.17, 15) is 9.90 Å². The number of hydrogen-bond donors (Lipinski definition) is 3. The predicted octanol–water partition coefficient (Wildman–Crippen LogP) is -0.342. The van der Waals surface area contributed by atoms with Crippen LogP contribution in [-0.4, -0.2) is 49.3 Å². The number of aliphatic hydroxyl groups excluding tert-OH is 1. The third-order valence-corrected chi connectivity index (χ3v) is 2.95. The fourth-order valence-corrected chi connectivity index (χ4v) is 2.07. The summed E-state index contributed by atoms with van der Waals surface area (Å²) in [5.41, 5.74) is 4.11. The summed E-state index contributed by atoms with van der Waals surface area (Å²) in [6, 6.07) is 7.70. The molecule has 0 spiro atoms. The molecule has 0 fully saturated rings. The number of rotatable bonds is 8. The van der Waals surface area contributed by atoms with Gasteiger partial charge in [-0.25, -0.2) is 5.84 Å². The molecule has 0 saturated carbocycles. The van der Waals surface area contributed by atoms with Crippen LogP contribution in [0.1, 0.15) is 11.1 Å². The minimum atomic E-state index is -0.524. The highest BCUT2D eigenvalue weighted by Gasteiger charge is 2.11. The van der Waals surface area contributed by atoms with Crippen LogP contribution < -0.4 is 11.3 Å². The molecule has 1 aromatic rings. The maximum Gasteiger partial charge on any atom is 0.238 e. The molecule has 1 unspecified atom stereocenters. The first kappa shape index (κ1) is 16.6. The molecule has 112 valence electrons. The van der Waals surface area contributed by atoms with Crippen molar-refractivity contribution < 1.29 is 14.6 Å². The van der Waals surface area contributed by atoms with Gasteiger partial charge in [0.05, 0.1) is 19.1 Å². The molecular weight excluding hydrogens is 258 g/mol. The molecule has 1 atom stereocenters. The highest BCUT2D eigenvalue weighted by molar-refractivity contribution is 5.78. The molecule has 0 aromatic heterocycles. The lowest BCUT2D eigenvalue weighted by Gasteiger charge is -2.21. The van der Waals surface area contributed by atoms with E-state index in [2.05, 4.69) is 5.43 Å². The van der Waals surface area contributed by atoms with Crippen molar-refractivity contribution in [2.45, 2.75) is 19.1 Å². The molecule has 0 aliphatic carbocycles. The number of hydrogen-bond acceptors (Lipinski definition) is 5. The van der Waals surface area contributed by atoms with E-state index in [4.69, 9.17) is 10.6 Å². The van der Waals surface area contributed by atoms with Gasteiger partial charge in [-0.2, -0.15) is 0 Å². The summed E-state index contributed by atoms with van der Waals surface area (Å²) in [6.07, 6.45) is -0.272. The minimum Gasteiger partial charge on any atom is -0.389 e. The fourth-order valence-electron chi connectivity index (χ4n) is 2.07. The van der Waals surface area contributed by atoms with Gasteiger partial charge in [0.1, 0.15) is 0 Å². The molecule has 1 amide bonds.